The first-order valence-electron chi connectivity index (χ1n) is 9.67. The summed E-state index contributed by atoms with van der Waals surface area (Å²) in [5.74, 6) is -0.335. The number of nitrogens with zero attached hydrogens (tertiary/aromatic N) is 3. The maximum atomic E-state index is 12.7. The number of likely N-dealkylation sites (tertiary alicyclic amines) is 1. The van der Waals surface area contributed by atoms with Crippen LogP contribution in [0.1, 0.15) is 29.4 Å². The molecule has 0 unspecified atom stereocenters. The Morgan fingerprint density at radius 2 is 1.80 bits per heavy atom. The minimum atomic E-state index is -0.315. The minimum absolute atomic E-state index is 0. The number of carbonyl (C=O) groups excluding carboxylic acids is 2. The van der Waals surface area contributed by atoms with Crippen LogP contribution >= 0.6 is 0 Å². The van der Waals surface area contributed by atoms with Gasteiger partial charge in [0.25, 0.3) is 11.8 Å². The number of nitrogens with one attached hydrogen (secondary N) is 1. The van der Waals surface area contributed by atoms with E-state index in [1.807, 2.05) is 42.5 Å². The molecule has 156 valence electrons. The van der Waals surface area contributed by atoms with Crippen molar-refractivity contribution in [1.82, 2.24) is 14.9 Å². The van der Waals surface area contributed by atoms with Crippen molar-refractivity contribution >= 4 is 17.5 Å². The van der Waals surface area contributed by atoms with Gasteiger partial charge in [0.2, 0.25) is 0 Å². The molecule has 2 aromatic carbocycles. The van der Waals surface area contributed by atoms with Crippen LogP contribution in [0.3, 0.4) is 0 Å². The summed E-state index contributed by atoms with van der Waals surface area (Å²) in [6.07, 6.45) is 1.75. The van der Waals surface area contributed by atoms with Gasteiger partial charge in [0, 0.05) is 39.9 Å². The molecule has 1 aliphatic rings. The van der Waals surface area contributed by atoms with Gasteiger partial charge in [0.05, 0.1) is 23.7 Å². The van der Waals surface area contributed by atoms with Crippen LogP contribution in [0, 0.1) is 6.92 Å². The number of ether oxygens (including phenoxy) is 1. The Labute approximate surface area is 177 Å². The molecule has 7 heteroatoms. The molecule has 30 heavy (non-hydrogen) atoms. The zero-order valence-electron chi connectivity index (χ0n) is 16.8. The summed E-state index contributed by atoms with van der Waals surface area (Å²) >= 11 is 0. The topological polar surface area (TPSA) is 84.4 Å². The van der Waals surface area contributed by atoms with Gasteiger partial charge < -0.3 is 15.0 Å². The highest BCUT2D eigenvalue weighted by molar-refractivity contribution is 6.03. The van der Waals surface area contributed by atoms with Crippen molar-refractivity contribution in [2.75, 3.05) is 25.5 Å². The smallest absolute Gasteiger partial charge is 0.276 e. The van der Waals surface area contributed by atoms with Gasteiger partial charge in [0.15, 0.2) is 0 Å². The predicted molar refractivity (Wildman–Crippen MR) is 118 cm³/mol. The lowest BCUT2D eigenvalue weighted by molar-refractivity contribution is -0.0191. The fraction of sp³-hybridized carbons (Fsp3) is 0.217. The van der Waals surface area contributed by atoms with Gasteiger partial charge in [-0.05, 0) is 31.2 Å². The first-order valence-corrected chi connectivity index (χ1v) is 9.67. The molecule has 1 saturated heterocycles. The number of anilines is 1. The summed E-state index contributed by atoms with van der Waals surface area (Å²) in [6.45, 7) is 2.97. The van der Waals surface area contributed by atoms with Crippen molar-refractivity contribution in [3.05, 3.63) is 77.7 Å². The van der Waals surface area contributed by atoms with Crippen molar-refractivity contribution in [3.63, 3.8) is 0 Å². The zero-order chi connectivity index (χ0) is 21.1. The SMILES string of the molecule is COC1CN(C(=O)c2ccc(-c3cnc(C)c(C(=O)Nc4ccccc4)n3)cc2)C1.[HH].[HH]. The van der Waals surface area contributed by atoms with Crippen LogP contribution in [0.4, 0.5) is 5.69 Å². The molecular formula is C23H26N4O3. The lowest BCUT2D eigenvalue weighted by Gasteiger charge is -2.38. The highest BCUT2D eigenvalue weighted by Crippen LogP contribution is 2.21. The molecule has 0 radical (unpaired) electrons. The molecule has 0 atom stereocenters. The molecule has 2 heterocycles. The van der Waals surface area contributed by atoms with E-state index in [1.54, 1.807) is 37.3 Å². The quantitative estimate of drug-likeness (QED) is 0.699. The van der Waals surface area contributed by atoms with Crippen molar-refractivity contribution in [1.29, 1.82) is 0 Å². The molecule has 3 aromatic rings. The second kappa shape index (κ2) is 8.42. The van der Waals surface area contributed by atoms with Crippen molar-refractivity contribution in [3.8, 4) is 11.3 Å². The van der Waals surface area contributed by atoms with E-state index in [2.05, 4.69) is 15.3 Å². The molecule has 0 bridgehead atoms. The number of amides is 2. The van der Waals surface area contributed by atoms with Gasteiger partial charge in [-0.1, -0.05) is 30.3 Å². The standard InChI is InChI=1S/C23H22N4O3.2H2/c1-15-21(22(28)25-18-6-4-3-5-7-18)26-20(12-24-15)16-8-10-17(11-9-16)23(29)27-13-19(14-27)30-2;;/h3-12,19H,13-14H2,1-2H3,(H,25,28);2*1H. The van der Waals surface area contributed by atoms with Crippen LogP contribution in [0.2, 0.25) is 0 Å². The summed E-state index contributed by atoms with van der Waals surface area (Å²) in [6, 6.07) is 16.4. The first kappa shape index (κ1) is 19.7. The highest BCUT2D eigenvalue weighted by Gasteiger charge is 2.30. The molecule has 1 fully saturated rings. The van der Waals surface area contributed by atoms with Crippen LogP contribution in [-0.2, 0) is 4.74 Å². The van der Waals surface area contributed by atoms with Crippen LogP contribution in [0.5, 0.6) is 0 Å². The third-order valence-electron chi connectivity index (χ3n) is 5.10. The van der Waals surface area contributed by atoms with Gasteiger partial charge in [-0.2, -0.15) is 0 Å². The number of hydrogen-bond donors (Lipinski definition) is 1. The molecule has 1 N–H and O–H groups in total. The van der Waals surface area contributed by atoms with Crippen molar-refractivity contribution in [2.45, 2.75) is 13.0 Å². The monoisotopic (exact) mass is 406 g/mol. The maximum Gasteiger partial charge on any atom is 0.276 e. The van der Waals surface area contributed by atoms with Gasteiger partial charge in [-0.15, -0.1) is 0 Å². The largest absolute Gasteiger partial charge is 0.378 e. The average Bonchev–Trinajstić information content (AvgIpc) is 2.74. The number of benzene rings is 2. The van der Waals surface area contributed by atoms with Gasteiger partial charge in [-0.25, -0.2) is 4.98 Å². The predicted octanol–water partition coefficient (Wildman–Crippen LogP) is 3.67. The number of hydrogen-bond acceptors (Lipinski definition) is 5. The molecule has 4 rings (SSSR count). The van der Waals surface area contributed by atoms with E-state index < -0.39 is 0 Å². The fourth-order valence-electron chi connectivity index (χ4n) is 3.23. The van der Waals surface area contributed by atoms with Gasteiger partial charge >= 0.3 is 0 Å². The van der Waals surface area contributed by atoms with Crippen LogP contribution in [0.15, 0.2) is 60.8 Å². The van der Waals surface area contributed by atoms with E-state index in [1.165, 1.54) is 0 Å². The summed E-state index contributed by atoms with van der Waals surface area (Å²) in [5, 5.41) is 2.83. The number of aryl methyl sites for hydroxylation is 1. The molecule has 0 aliphatic carbocycles. The Hall–Kier alpha value is -3.58. The summed E-state index contributed by atoms with van der Waals surface area (Å²) in [7, 11) is 1.65. The van der Waals surface area contributed by atoms with Gasteiger partial charge in [0.1, 0.15) is 5.69 Å². The van der Waals surface area contributed by atoms with Gasteiger partial charge in [-0.3, -0.25) is 14.6 Å². The number of methoxy groups -OCH3 is 1. The van der Waals surface area contributed by atoms with Crippen LogP contribution in [0.25, 0.3) is 11.3 Å². The number of aromatic nitrogens is 2. The summed E-state index contributed by atoms with van der Waals surface area (Å²) < 4.78 is 5.22. The molecule has 1 aliphatic heterocycles. The van der Waals surface area contributed by atoms with Crippen LogP contribution < -0.4 is 5.32 Å². The molecule has 1 aromatic heterocycles. The second-order valence-corrected chi connectivity index (χ2v) is 7.15. The Morgan fingerprint density at radius 3 is 2.47 bits per heavy atom. The summed E-state index contributed by atoms with van der Waals surface area (Å²) in [5.41, 5.74) is 3.47. The molecule has 2 amide bonds. The average molecular weight is 406 g/mol. The van der Waals surface area contributed by atoms with E-state index in [-0.39, 0.29) is 26.5 Å². The van der Waals surface area contributed by atoms with Crippen LogP contribution in [-0.4, -0.2) is 53.0 Å². The van der Waals surface area contributed by atoms with E-state index in [0.29, 0.717) is 35.7 Å². The van der Waals surface area contributed by atoms with E-state index in [9.17, 15) is 9.59 Å². The third-order valence-corrected chi connectivity index (χ3v) is 5.10. The van der Waals surface area contributed by atoms with Crippen molar-refractivity contribution in [2.24, 2.45) is 0 Å². The highest BCUT2D eigenvalue weighted by atomic mass is 16.5. The minimum Gasteiger partial charge on any atom is -0.378 e. The Kier molecular flexibility index (Phi) is 5.54. The molecular weight excluding hydrogens is 380 g/mol. The van der Waals surface area contributed by atoms with E-state index in [4.69, 9.17) is 4.74 Å². The third kappa shape index (κ3) is 4.06. The van der Waals surface area contributed by atoms with E-state index in [0.717, 1.165) is 5.56 Å². The molecule has 7 nitrogen and oxygen atoms in total. The Balaban J connectivity index is 0.00000181. The first-order chi connectivity index (χ1) is 14.5. The summed E-state index contributed by atoms with van der Waals surface area (Å²) in [4.78, 5) is 35.7. The lowest BCUT2D eigenvalue weighted by Crippen LogP contribution is -2.54. The molecule has 0 saturated carbocycles. The fourth-order valence-corrected chi connectivity index (χ4v) is 3.23. The maximum absolute atomic E-state index is 12.7. The Morgan fingerprint density at radius 1 is 1.10 bits per heavy atom. The Bertz CT molecular complexity index is 1070. The number of rotatable bonds is 5. The molecule has 0 spiro atoms. The van der Waals surface area contributed by atoms with E-state index >= 15 is 0 Å². The normalized spacial score (nSPS) is 13.6. The van der Waals surface area contributed by atoms with Crippen molar-refractivity contribution < 1.29 is 17.2 Å². The zero-order valence-corrected chi connectivity index (χ0v) is 16.8. The number of carbonyl (C=O) groups is 2. The number of para-hydroxylation sites is 1. The lowest BCUT2D eigenvalue weighted by atomic mass is 10.1. The second-order valence-electron chi connectivity index (χ2n) is 7.15.